The number of carboxylic acids is 1. The molecule has 1 aliphatic rings. The maximum absolute atomic E-state index is 11.9. The molecule has 1 aliphatic heterocycles. The van der Waals surface area contributed by atoms with Gasteiger partial charge in [0.05, 0.1) is 6.54 Å². The number of hydrogen-bond acceptors (Lipinski definition) is 4. The highest BCUT2D eigenvalue weighted by Gasteiger charge is 2.17. The first-order chi connectivity index (χ1) is 9.47. The first kappa shape index (κ1) is 16.9. The Labute approximate surface area is 120 Å². The number of amides is 1. The van der Waals surface area contributed by atoms with Gasteiger partial charge >= 0.3 is 5.97 Å². The quantitative estimate of drug-likeness (QED) is 0.591. The highest BCUT2D eigenvalue weighted by Crippen LogP contribution is 2.14. The topological polar surface area (TPSA) is 81.7 Å². The number of carboxylic acid groups (broad SMARTS) is 1. The van der Waals surface area contributed by atoms with E-state index in [0.717, 1.165) is 32.6 Å². The normalized spacial score (nSPS) is 17.9. The molecule has 1 fully saturated rings. The summed E-state index contributed by atoms with van der Waals surface area (Å²) in [5.41, 5.74) is 0. The molecule has 0 aromatic heterocycles. The van der Waals surface area contributed by atoms with Gasteiger partial charge in [0.1, 0.15) is 0 Å². The van der Waals surface area contributed by atoms with E-state index in [1.807, 2.05) is 0 Å². The van der Waals surface area contributed by atoms with Crippen LogP contribution in [0.15, 0.2) is 0 Å². The molecule has 1 saturated heterocycles. The van der Waals surface area contributed by atoms with Gasteiger partial charge in [-0.25, -0.2) is 0 Å². The smallest absolute Gasteiger partial charge is 0.303 e. The van der Waals surface area contributed by atoms with E-state index in [2.05, 4.69) is 29.4 Å². The van der Waals surface area contributed by atoms with Crippen LogP contribution in [0.3, 0.4) is 0 Å². The summed E-state index contributed by atoms with van der Waals surface area (Å²) in [5.74, 6) is -0.359. The van der Waals surface area contributed by atoms with Crippen molar-refractivity contribution in [2.24, 2.45) is 11.8 Å². The monoisotopic (exact) mass is 285 g/mol. The number of nitrogens with zero attached hydrogens (tertiary/aromatic N) is 1. The van der Waals surface area contributed by atoms with Crippen LogP contribution < -0.4 is 10.6 Å². The largest absolute Gasteiger partial charge is 0.481 e. The summed E-state index contributed by atoms with van der Waals surface area (Å²) in [7, 11) is 0. The molecular formula is C14H27N3O3. The second kappa shape index (κ2) is 8.92. The van der Waals surface area contributed by atoms with Gasteiger partial charge in [0.25, 0.3) is 0 Å². The van der Waals surface area contributed by atoms with Crippen molar-refractivity contribution in [3.05, 3.63) is 0 Å². The highest BCUT2D eigenvalue weighted by atomic mass is 16.4. The molecule has 0 spiro atoms. The average Bonchev–Trinajstić information content (AvgIpc) is 2.36. The number of carbonyl (C=O) groups excluding carboxylic acids is 1. The maximum atomic E-state index is 11.9. The van der Waals surface area contributed by atoms with Crippen molar-refractivity contribution in [1.82, 2.24) is 15.5 Å². The van der Waals surface area contributed by atoms with E-state index in [0.29, 0.717) is 19.0 Å². The molecule has 6 heteroatoms. The molecule has 1 atom stereocenters. The number of aliphatic carboxylic acids is 1. The van der Waals surface area contributed by atoms with Crippen molar-refractivity contribution in [3.63, 3.8) is 0 Å². The van der Waals surface area contributed by atoms with Crippen LogP contribution in [0.25, 0.3) is 0 Å². The third-order valence-corrected chi connectivity index (χ3v) is 3.43. The standard InChI is InChI=1S/C14H27N3O3/c1-11(2)7-12(8-14(19)20)9-16-13(18)10-17-5-3-15-4-6-17/h11-12,15H,3-10H2,1-2H3,(H,16,18)(H,19,20). The first-order valence-corrected chi connectivity index (χ1v) is 7.39. The molecule has 1 amide bonds. The van der Waals surface area contributed by atoms with Crippen LogP contribution in [0.4, 0.5) is 0 Å². The molecule has 1 heterocycles. The number of nitrogens with one attached hydrogen (secondary N) is 2. The molecule has 20 heavy (non-hydrogen) atoms. The van der Waals surface area contributed by atoms with Crippen molar-refractivity contribution in [3.8, 4) is 0 Å². The lowest BCUT2D eigenvalue weighted by Gasteiger charge is -2.27. The van der Waals surface area contributed by atoms with Crippen LogP contribution >= 0.6 is 0 Å². The zero-order valence-corrected chi connectivity index (χ0v) is 12.5. The van der Waals surface area contributed by atoms with Gasteiger partial charge < -0.3 is 15.7 Å². The lowest BCUT2D eigenvalue weighted by molar-refractivity contribution is -0.138. The number of hydrogen-bond donors (Lipinski definition) is 3. The molecule has 0 bridgehead atoms. The van der Waals surface area contributed by atoms with E-state index in [1.54, 1.807) is 0 Å². The molecular weight excluding hydrogens is 258 g/mol. The predicted octanol–water partition coefficient (Wildman–Crippen LogP) is 0.145. The molecule has 0 aromatic carbocycles. The molecule has 1 rings (SSSR count). The van der Waals surface area contributed by atoms with Crippen molar-refractivity contribution in [2.75, 3.05) is 39.3 Å². The van der Waals surface area contributed by atoms with Gasteiger partial charge in [-0.3, -0.25) is 14.5 Å². The third-order valence-electron chi connectivity index (χ3n) is 3.43. The molecule has 0 radical (unpaired) electrons. The first-order valence-electron chi connectivity index (χ1n) is 7.39. The van der Waals surface area contributed by atoms with Crippen LogP contribution in [0.2, 0.25) is 0 Å². The molecule has 0 aromatic rings. The predicted molar refractivity (Wildman–Crippen MR) is 77.5 cm³/mol. The molecule has 6 nitrogen and oxygen atoms in total. The summed E-state index contributed by atoms with van der Waals surface area (Å²) in [6.07, 6.45) is 0.937. The van der Waals surface area contributed by atoms with Gasteiger partial charge in [0, 0.05) is 39.1 Å². The fourth-order valence-corrected chi connectivity index (χ4v) is 2.54. The zero-order valence-electron chi connectivity index (χ0n) is 12.5. The van der Waals surface area contributed by atoms with Crippen molar-refractivity contribution < 1.29 is 14.7 Å². The van der Waals surface area contributed by atoms with Crippen LogP contribution in [0.1, 0.15) is 26.7 Å². The van der Waals surface area contributed by atoms with E-state index in [1.165, 1.54) is 0 Å². The summed E-state index contributed by atoms with van der Waals surface area (Å²) in [5, 5.41) is 15.0. The zero-order chi connectivity index (χ0) is 15.0. The third kappa shape index (κ3) is 7.45. The lowest BCUT2D eigenvalue weighted by atomic mass is 9.94. The maximum Gasteiger partial charge on any atom is 0.303 e. The SMILES string of the molecule is CC(C)CC(CNC(=O)CN1CCNCC1)CC(=O)O. The average molecular weight is 285 g/mol. The fourth-order valence-electron chi connectivity index (χ4n) is 2.54. The second-order valence-corrected chi connectivity index (χ2v) is 5.92. The van der Waals surface area contributed by atoms with Gasteiger partial charge in [-0.1, -0.05) is 13.8 Å². The molecule has 0 aliphatic carbocycles. The highest BCUT2D eigenvalue weighted by molar-refractivity contribution is 5.78. The number of piperazine rings is 1. The lowest BCUT2D eigenvalue weighted by Crippen LogP contribution is -2.48. The molecule has 1 unspecified atom stereocenters. The Kier molecular flexibility index (Phi) is 7.54. The summed E-state index contributed by atoms with van der Waals surface area (Å²) in [4.78, 5) is 24.8. The Morgan fingerprint density at radius 1 is 1.30 bits per heavy atom. The van der Waals surface area contributed by atoms with Gasteiger partial charge in [0.15, 0.2) is 0 Å². The van der Waals surface area contributed by atoms with E-state index in [4.69, 9.17) is 5.11 Å². The van der Waals surface area contributed by atoms with Gasteiger partial charge in [-0.05, 0) is 18.3 Å². The fraction of sp³-hybridized carbons (Fsp3) is 0.857. The van der Waals surface area contributed by atoms with Crippen LogP contribution in [0, 0.1) is 11.8 Å². The van der Waals surface area contributed by atoms with E-state index in [9.17, 15) is 9.59 Å². The van der Waals surface area contributed by atoms with Gasteiger partial charge in [-0.15, -0.1) is 0 Å². The van der Waals surface area contributed by atoms with Gasteiger partial charge in [-0.2, -0.15) is 0 Å². The second-order valence-electron chi connectivity index (χ2n) is 5.92. The summed E-state index contributed by atoms with van der Waals surface area (Å²) < 4.78 is 0. The van der Waals surface area contributed by atoms with Crippen LogP contribution in [0.5, 0.6) is 0 Å². The Morgan fingerprint density at radius 3 is 2.50 bits per heavy atom. The van der Waals surface area contributed by atoms with E-state index < -0.39 is 5.97 Å². The Balaban J connectivity index is 2.29. The molecule has 3 N–H and O–H groups in total. The summed E-state index contributed by atoms with van der Waals surface area (Å²) in [6, 6.07) is 0. The Morgan fingerprint density at radius 2 is 1.95 bits per heavy atom. The molecule has 0 saturated carbocycles. The van der Waals surface area contributed by atoms with E-state index in [-0.39, 0.29) is 18.2 Å². The minimum absolute atomic E-state index is 0.00829. The summed E-state index contributed by atoms with van der Waals surface area (Å²) in [6.45, 7) is 8.60. The van der Waals surface area contributed by atoms with Crippen LogP contribution in [-0.2, 0) is 9.59 Å². The number of rotatable bonds is 8. The van der Waals surface area contributed by atoms with Crippen molar-refractivity contribution in [1.29, 1.82) is 0 Å². The minimum atomic E-state index is -0.799. The van der Waals surface area contributed by atoms with Crippen molar-refractivity contribution in [2.45, 2.75) is 26.7 Å². The number of carbonyl (C=O) groups is 2. The Hall–Kier alpha value is -1.14. The van der Waals surface area contributed by atoms with Crippen molar-refractivity contribution >= 4 is 11.9 Å². The van der Waals surface area contributed by atoms with E-state index >= 15 is 0 Å². The Bertz CT molecular complexity index is 315. The van der Waals surface area contributed by atoms with Gasteiger partial charge in [0.2, 0.25) is 5.91 Å². The van der Waals surface area contributed by atoms with Crippen LogP contribution in [-0.4, -0.2) is 61.2 Å². The minimum Gasteiger partial charge on any atom is -0.481 e. The summed E-state index contributed by atoms with van der Waals surface area (Å²) >= 11 is 0. The molecule has 116 valence electrons.